The molecular weight excluding hydrogens is 344 g/mol. The quantitative estimate of drug-likeness (QED) is 0.521. The number of carbonyl (C=O) groups excluding carboxylic acids is 3. The monoisotopic (exact) mass is 362 g/mol. The average molecular weight is 362 g/mol. The molecule has 0 aliphatic carbocycles. The maximum Gasteiger partial charge on any atom is 0.292 e. The van der Waals surface area contributed by atoms with Crippen LogP contribution in [0.4, 0.5) is 5.69 Å². The predicted molar refractivity (Wildman–Crippen MR) is 102 cm³/mol. The van der Waals surface area contributed by atoms with Crippen LogP contribution in [0.1, 0.15) is 38.4 Å². The summed E-state index contributed by atoms with van der Waals surface area (Å²) in [7, 11) is 0. The van der Waals surface area contributed by atoms with Crippen molar-refractivity contribution in [2.75, 3.05) is 11.9 Å². The molecule has 2 N–H and O–H groups in total. The van der Waals surface area contributed by atoms with Crippen molar-refractivity contribution in [1.29, 1.82) is 0 Å². The molecule has 3 aromatic rings. The maximum atomic E-state index is 12.7. The summed E-state index contributed by atoms with van der Waals surface area (Å²) in [4.78, 5) is 40.6. The number of amides is 2. The Morgan fingerprint density at radius 3 is 2.52 bits per heavy atom. The van der Waals surface area contributed by atoms with Gasteiger partial charge in [-0.2, -0.15) is 0 Å². The van der Waals surface area contributed by atoms with E-state index < -0.39 is 5.91 Å². The van der Waals surface area contributed by atoms with E-state index in [1.807, 2.05) is 0 Å². The second kappa shape index (κ2) is 7.65. The number of fused-ring (bicyclic) bond motifs is 1. The highest BCUT2D eigenvalue weighted by Gasteiger charge is 2.21. The average Bonchev–Trinajstić information content (AvgIpc) is 3.06. The van der Waals surface area contributed by atoms with Crippen LogP contribution >= 0.6 is 0 Å². The Labute approximate surface area is 155 Å². The van der Waals surface area contributed by atoms with Crippen molar-refractivity contribution in [3.05, 3.63) is 78.4 Å². The van der Waals surface area contributed by atoms with E-state index in [0.717, 1.165) is 0 Å². The normalized spacial score (nSPS) is 10.4. The van der Waals surface area contributed by atoms with Crippen LogP contribution in [0.3, 0.4) is 0 Å². The van der Waals surface area contributed by atoms with Gasteiger partial charge < -0.3 is 10.6 Å². The molecule has 7 nitrogen and oxygen atoms in total. The molecule has 0 atom stereocenters. The summed E-state index contributed by atoms with van der Waals surface area (Å²) in [6.45, 7) is 5.34. The molecule has 0 bridgehead atoms. The molecule has 7 heteroatoms. The highest BCUT2D eigenvalue weighted by Crippen LogP contribution is 2.16. The van der Waals surface area contributed by atoms with Crippen LogP contribution in [0.25, 0.3) is 5.52 Å². The number of Topliss-reactive ketones (excluding diaryl/α,β-unsaturated/α-hetero) is 1. The Morgan fingerprint density at radius 2 is 1.85 bits per heavy atom. The van der Waals surface area contributed by atoms with Crippen molar-refractivity contribution in [2.45, 2.75) is 6.92 Å². The molecule has 2 amide bonds. The molecule has 27 heavy (non-hydrogen) atoms. The molecule has 2 heterocycles. The van der Waals surface area contributed by atoms with Gasteiger partial charge in [0.1, 0.15) is 0 Å². The van der Waals surface area contributed by atoms with Crippen LogP contribution < -0.4 is 10.6 Å². The molecule has 0 saturated heterocycles. The topological polar surface area (TPSA) is 92.6 Å². The van der Waals surface area contributed by atoms with Gasteiger partial charge in [0.15, 0.2) is 11.5 Å². The van der Waals surface area contributed by atoms with Crippen molar-refractivity contribution < 1.29 is 14.4 Å². The molecule has 0 aliphatic heterocycles. The second-order valence-electron chi connectivity index (χ2n) is 5.83. The summed E-state index contributed by atoms with van der Waals surface area (Å²) in [5, 5.41) is 5.39. The summed E-state index contributed by atoms with van der Waals surface area (Å²) in [5.74, 6) is -0.815. The SMILES string of the molecule is C=CCNC(=O)c1nc(C(=O)Nc2ccc(C(C)=O)cc2)n2ccccc12. The van der Waals surface area contributed by atoms with E-state index >= 15 is 0 Å². The lowest BCUT2D eigenvalue weighted by molar-refractivity contribution is 0.0954. The standard InChI is InChI=1S/C20H18N4O3/c1-3-11-21-19(26)17-16-6-4-5-12-24(16)18(23-17)20(27)22-15-9-7-14(8-10-15)13(2)25/h3-10,12H,1,11H2,2H3,(H,21,26)(H,22,27). The van der Waals surface area contributed by atoms with Gasteiger partial charge in [-0.1, -0.05) is 12.1 Å². The lowest BCUT2D eigenvalue weighted by Gasteiger charge is -2.05. The number of nitrogens with one attached hydrogen (secondary N) is 2. The highest BCUT2D eigenvalue weighted by atomic mass is 16.2. The van der Waals surface area contributed by atoms with E-state index in [2.05, 4.69) is 22.2 Å². The van der Waals surface area contributed by atoms with Gasteiger partial charge >= 0.3 is 0 Å². The van der Waals surface area contributed by atoms with E-state index in [4.69, 9.17) is 0 Å². The summed E-state index contributed by atoms with van der Waals surface area (Å²) in [6, 6.07) is 11.8. The van der Waals surface area contributed by atoms with Crippen LogP contribution in [0, 0.1) is 0 Å². The van der Waals surface area contributed by atoms with Gasteiger partial charge in [-0.05, 0) is 43.3 Å². The molecule has 136 valence electrons. The minimum absolute atomic E-state index is 0.0534. The first kappa shape index (κ1) is 18.1. The summed E-state index contributed by atoms with van der Waals surface area (Å²) in [6.07, 6.45) is 3.23. The third-order valence-corrected chi connectivity index (χ3v) is 3.92. The molecule has 0 unspecified atom stereocenters. The first-order valence-electron chi connectivity index (χ1n) is 8.30. The van der Waals surface area contributed by atoms with Gasteiger partial charge in [0.2, 0.25) is 5.82 Å². The van der Waals surface area contributed by atoms with Gasteiger partial charge in [-0.3, -0.25) is 18.8 Å². The van der Waals surface area contributed by atoms with Gasteiger partial charge in [-0.15, -0.1) is 6.58 Å². The van der Waals surface area contributed by atoms with Crippen molar-refractivity contribution in [1.82, 2.24) is 14.7 Å². The van der Waals surface area contributed by atoms with Gasteiger partial charge in [0.05, 0.1) is 5.52 Å². The van der Waals surface area contributed by atoms with Crippen LogP contribution in [0.2, 0.25) is 0 Å². The number of benzene rings is 1. The fourth-order valence-electron chi connectivity index (χ4n) is 2.59. The molecule has 0 spiro atoms. The Kier molecular flexibility index (Phi) is 5.12. The number of nitrogens with zero attached hydrogens (tertiary/aromatic N) is 2. The fourth-order valence-corrected chi connectivity index (χ4v) is 2.59. The lowest BCUT2D eigenvalue weighted by atomic mass is 10.1. The van der Waals surface area contributed by atoms with Crippen LogP contribution in [-0.2, 0) is 0 Å². The maximum absolute atomic E-state index is 12.7. The van der Waals surface area contributed by atoms with Crippen LogP contribution in [0.5, 0.6) is 0 Å². The number of hydrogen-bond acceptors (Lipinski definition) is 4. The largest absolute Gasteiger partial charge is 0.347 e. The molecular formula is C20H18N4O3. The Hall–Kier alpha value is -3.74. The van der Waals surface area contributed by atoms with Crippen LogP contribution in [-0.4, -0.2) is 33.5 Å². The highest BCUT2D eigenvalue weighted by molar-refractivity contribution is 6.06. The number of carbonyl (C=O) groups is 3. The zero-order valence-electron chi connectivity index (χ0n) is 14.7. The molecule has 0 aliphatic rings. The summed E-state index contributed by atoms with van der Waals surface area (Å²) in [5.41, 5.74) is 1.77. The first-order chi connectivity index (χ1) is 13.0. The van der Waals surface area contributed by atoms with Crippen molar-refractivity contribution in [3.8, 4) is 0 Å². The van der Waals surface area contributed by atoms with Gasteiger partial charge in [0.25, 0.3) is 11.8 Å². The zero-order chi connectivity index (χ0) is 19.4. The molecule has 1 aromatic carbocycles. The van der Waals surface area contributed by atoms with E-state index in [1.165, 1.54) is 6.92 Å². The third-order valence-electron chi connectivity index (χ3n) is 3.92. The summed E-state index contributed by atoms with van der Waals surface area (Å²) >= 11 is 0. The molecule has 3 rings (SSSR count). The number of aromatic nitrogens is 2. The number of anilines is 1. The van der Waals surface area contributed by atoms with E-state index in [1.54, 1.807) is 59.1 Å². The summed E-state index contributed by atoms with van der Waals surface area (Å²) < 4.78 is 1.56. The molecule has 0 radical (unpaired) electrons. The van der Waals surface area contributed by atoms with Crippen molar-refractivity contribution >= 4 is 28.8 Å². The van der Waals surface area contributed by atoms with Crippen molar-refractivity contribution in [3.63, 3.8) is 0 Å². The predicted octanol–water partition coefficient (Wildman–Crippen LogP) is 2.71. The minimum atomic E-state index is -0.463. The van der Waals surface area contributed by atoms with Gasteiger partial charge in [-0.25, -0.2) is 4.98 Å². The van der Waals surface area contributed by atoms with Crippen LogP contribution in [0.15, 0.2) is 61.3 Å². The number of hydrogen-bond donors (Lipinski definition) is 2. The Morgan fingerprint density at radius 1 is 1.11 bits per heavy atom. The van der Waals surface area contributed by atoms with E-state index in [9.17, 15) is 14.4 Å². The zero-order valence-corrected chi connectivity index (χ0v) is 14.7. The van der Waals surface area contributed by atoms with Gasteiger partial charge in [0, 0.05) is 24.0 Å². The number of ketones is 1. The third kappa shape index (κ3) is 3.77. The Balaban J connectivity index is 1.91. The first-order valence-corrected chi connectivity index (χ1v) is 8.30. The molecule has 0 saturated carbocycles. The van der Waals surface area contributed by atoms with E-state index in [0.29, 0.717) is 23.3 Å². The number of pyridine rings is 1. The smallest absolute Gasteiger partial charge is 0.292 e. The number of rotatable bonds is 6. The minimum Gasteiger partial charge on any atom is -0.347 e. The second-order valence-corrected chi connectivity index (χ2v) is 5.83. The number of imidazole rings is 1. The Bertz CT molecular complexity index is 1040. The van der Waals surface area contributed by atoms with Crippen molar-refractivity contribution in [2.24, 2.45) is 0 Å². The van der Waals surface area contributed by atoms with E-state index in [-0.39, 0.29) is 23.2 Å². The fraction of sp³-hybridized carbons (Fsp3) is 0.100. The molecule has 0 fully saturated rings. The molecule has 2 aromatic heterocycles. The lowest BCUT2D eigenvalue weighted by Crippen LogP contribution is -2.24.